The van der Waals surface area contributed by atoms with E-state index in [-0.39, 0.29) is 0 Å². The van der Waals surface area contributed by atoms with Crippen molar-refractivity contribution in [2.24, 2.45) is 7.05 Å². The average Bonchev–Trinajstić information content (AvgIpc) is 2.83. The molecule has 1 aromatic carbocycles. The molecule has 1 aromatic heterocycles. The Morgan fingerprint density at radius 1 is 1.35 bits per heavy atom. The zero-order chi connectivity index (χ0) is 14.5. The Morgan fingerprint density at radius 2 is 2.15 bits per heavy atom. The second kappa shape index (κ2) is 6.95. The fraction of sp³-hybridized carbons (Fsp3) is 0.438. The molecular weight excluding hydrogens is 266 g/mol. The minimum Gasteiger partial charge on any atom is -0.329 e. The van der Waals surface area contributed by atoms with Crippen molar-refractivity contribution in [3.63, 3.8) is 0 Å². The van der Waals surface area contributed by atoms with Gasteiger partial charge < -0.3 is 9.88 Å². The van der Waals surface area contributed by atoms with Crippen LogP contribution in [0, 0.1) is 13.8 Å². The van der Waals surface area contributed by atoms with Gasteiger partial charge in [-0.3, -0.25) is 0 Å². The number of aromatic nitrogens is 2. The lowest BCUT2D eigenvalue weighted by Crippen LogP contribution is -2.24. The van der Waals surface area contributed by atoms with Crippen LogP contribution in [0.1, 0.15) is 29.7 Å². The third-order valence-electron chi connectivity index (χ3n) is 3.42. The largest absolute Gasteiger partial charge is 0.329 e. The summed E-state index contributed by atoms with van der Waals surface area (Å²) in [7, 11) is 2.04. The Labute approximate surface area is 125 Å². The van der Waals surface area contributed by atoms with Crippen molar-refractivity contribution in [2.75, 3.05) is 12.3 Å². The Bertz CT molecular complexity index is 563. The van der Waals surface area contributed by atoms with Gasteiger partial charge in [0.1, 0.15) is 0 Å². The quantitative estimate of drug-likeness (QED) is 0.826. The predicted octanol–water partition coefficient (Wildman–Crippen LogP) is 3.48. The molecule has 1 unspecified atom stereocenters. The molecule has 1 N–H and O–H groups in total. The molecule has 0 saturated heterocycles. The van der Waals surface area contributed by atoms with Crippen LogP contribution in [-0.4, -0.2) is 21.8 Å². The number of imidazole rings is 1. The van der Waals surface area contributed by atoms with E-state index >= 15 is 0 Å². The van der Waals surface area contributed by atoms with Crippen molar-refractivity contribution >= 4 is 11.8 Å². The van der Waals surface area contributed by atoms with Crippen molar-refractivity contribution in [3.05, 3.63) is 47.3 Å². The van der Waals surface area contributed by atoms with E-state index in [4.69, 9.17) is 0 Å². The Kier molecular flexibility index (Phi) is 5.26. The van der Waals surface area contributed by atoms with Crippen molar-refractivity contribution in [2.45, 2.75) is 32.0 Å². The summed E-state index contributed by atoms with van der Waals surface area (Å²) >= 11 is 1.80. The molecule has 2 aromatic rings. The van der Waals surface area contributed by atoms with Crippen LogP contribution in [0.3, 0.4) is 0 Å². The van der Waals surface area contributed by atoms with Crippen molar-refractivity contribution in [3.8, 4) is 0 Å². The molecule has 0 saturated carbocycles. The summed E-state index contributed by atoms with van der Waals surface area (Å²) in [5.41, 5.74) is 4.06. The molecule has 3 nitrogen and oxygen atoms in total. The van der Waals surface area contributed by atoms with Crippen LogP contribution in [0.15, 0.2) is 35.7 Å². The summed E-state index contributed by atoms with van der Waals surface area (Å²) in [6.07, 6.45) is 3.84. The number of hydrogen-bond acceptors (Lipinski definition) is 3. The molecule has 20 heavy (non-hydrogen) atoms. The molecule has 0 spiro atoms. The van der Waals surface area contributed by atoms with Crippen LogP contribution >= 0.6 is 11.8 Å². The lowest BCUT2D eigenvalue weighted by Gasteiger charge is -2.20. The molecule has 0 amide bonds. The molecule has 4 heteroatoms. The first-order valence-electron chi connectivity index (χ1n) is 7.02. The third-order valence-corrected chi connectivity index (χ3v) is 4.57. The minimum atomic E-state index is 0.363. The van der Waals surface area contributed by atoms with Gasteiger partial charge in [0.15, 0.2) is 5.16 Å². The van der Waals surface area contributed by atoms with Crippen LogP contribution in [-0.2, 0) is 7.05 Å². The number of thioether (sulfide) groups is 1. The number of benzene rings is 1. The van der Waals surface area contributed by atoms with Crippen LogP contribution in [0.4, 0.5) is 0 Å². The van der Waals surface area contributed by atoms with Crippen molar-refractivity contribution in [1.29, 1.82) is 0 Å². The van der Waals surface area contributed by atoms with Crippen molar-refractivity contribution in [1.82, 2.24) is 14.9 Å². The Balaban J connectivity index is 2.14. The van der Waals surface area contributed by atoms with Gasteiger partial charge >= 0.3 is 0 Å². The smallest absolute Gasteiger partial charge is 0.167 e. The first-order chi connectivity index (χ1) is 9.61. The molecule has 0 aliphatic carbocycles. The average molecular weight is 289 g/mol. The SMILES string of the molecule is CCNC(CSc1nccn1C)c1cc(C)ccc1C. The topological polar surface area (TPSA) is 29.9 Å². The first-order valence-corrected chi connectivity index (χ1v) is 8.01. The summed E-state index contributed by atoms with van der Waals surface area (Å²) in [4.78, 5) is 4.38. The standard InChI is InChI=1S/C16H23N3S/c1-5-17-15(11-20-16-18-8-9-19(16)4)14-10-12(2)6-7-13(14)3/h6-10,15,17H,5,11H2,1-4H3. The molecule has 2 rings (SSSR count). The van der Waals surface area contributed by atoms with Gasteiger partial charge in [0.05, 0.1) is 0 Å². The molecule has 0 bridgehead atoms. The molecular formula is C16H23N3S. The van der Waals surface area contributed by atoms with Crippen molar-refractivity contribution < 1.29 is 0 Å². The fourth-order valence-electron chi connectivity index (χ4n) is 2.29. The highest BCUT2D eigenvalue weighted by Gasteiger charge is 2.14. The summed E-state index contributed by atoms with van der Waals surface area (Å²) in [5, 5.41) is 4.66. The maximum absolute atomic E-state index is 4.38. The van der Waals surface area contributed by atoms with Gasteiger partial charge in [-0.25, -0.2) is 4.98 Å². The van der Waals surface area contributed by atoms with E-state index in [1.165, 1.54) is 16.7 Å². The van der Waals surface area contributed by atoms with Crippen LogP contribution in [0.2, 0.25) is 0 Å². The molecule has 0 radical (unpaired) electrons. The van der Waals surface area contributed by atoms with E-state index in [2.05, 4.69) is 53.8 Å². The second-order valence-electron chi connectivity index (χ2n) is 5.10. The van der Waals surface area contributed by atoms with Gasteiger partial charge in [-0.2, -0.15) is 0 Å². The van der Waals surface area contributed by atoms with Crippen LogP contribution in [0.5, 0.6) is 0 Å². The fourth-order valence-corrected chi connectivity index (χ4v) is 3.30. The van der Waals surface area contributed by atoms with E-state index < -0.39 is 0 Å². The highest BCUT2D eigenvalue weighted by molar-refractivity contribution is 7.99. The third kappa shape index (κ3) is 3.64. The van der Waals surface area contributed by atoms with Gasteiger partial charge in [-0.05, 0) is 31.5 Å². The maximum Gasteiger partial charge on any atom is 0.167 e. The molecule has 1 heterocycles. The Hall–Kier alpha value is -1.26. The van der Waals surface area contributed by atoms with Gasteiger partial charge in [0.2, 0.25) is 0 Å². The summed E-state index contributed by atoms with van der Waals surface area (Å²) in [6.45, 7) is 7.46. The molecule has 0 aliphatic heterocycles. The van der Waals surface area contributed by atoms with Crippen LogP contribution < -0.4 is 5.32 Å². The number of aryl methyl sites for hydroxylation is 3. The zero-order valence-electron chi connectivity index (χ0n) is 12.7. The lowest BCUT2D eigenvalue weighted by molar-refractivity contribution is 0.601. The minimum absolute atomic E-state index is 0.363. The Morgan fingerprint density at radius 3 is 2.80 bits per heavy atom. The zero-order valence-corrected chi connectivity index (χ0v) is 13.5. The van der Waals surface area contributed by atoms with E-state index in [0.717, 1.165) is 17.5 Å². The molecule has 0 fully saturated rings. The van der Waals surface area contributed by atoms with Crippen LogP contribution in [0.25, 0.3) is 0 Å². The predicted molar refractivity (Wildman–Crippen MR) is 86.3 cm³/mol. The number of rotatable bonds is 6. The van der Waals surface area contributed by atoms with Gasteiger partial charge in [0, 0.05) is 31.2 Å². The molecule has 108 valence electrons. The maximum atomic E-state index is 4.38. The normalized spacial score (nSPS) is 12.6. The van der Waals surface area contributed by atoms with Gasteiger partial charge in [-0.15, -0.1) is 0 Å². The molecule has 1 atom stereocenters. The second-order valence-corrected chi connectivity index (χ2v) is 6.09. The van der Waals surface area contributed by atoms with E-state index in [1.54, 1.807) is 11.8 Å². The van der Waals surface area contributed by atoms with E-state index in [1.807, 2.05) is 19.4 Å². The van der Waals surface area contributed by atoms with Gasteiger partial charge in [0.25, 0.3) is 0 Å². The number of nitrogens with zero attached hydrogens (tertiary/aromatic N) is 2. The summed E-state index contributed by atoms with van der Waals surface area (Å²) in [6, 6.07) is 7.04. The highest BCUT2D eigenvalue weighted by Crippen LogP contribution is 2.26. The number of hydrogen-bond donors (Lipinski definition) is 1. The summed E-state index contributed by atoms with van der Waals surface area (Å²) < 4.78 is 2.07. The summed E-state index contributed by atoms with van der Waals surface area (Å²) in [5.74, 6) is 0.989. The van der Waals surface area contributed by atoms with Gasteiger partial charge in [-0.1, -0.05) is 42.4 Å². The first kappa shape index (κ1) is 15.1. The molecule has 0 aliphatic rings. The highest BCUT2D eigenvalue weighted by atomic mass is 32.2. The van der Waals surface area contributed by atoms with E-state index in [0.29, 0.717) is 6.04 Å². The lowest BCUT2D eigenvalue weighted by atomic mass is 10.00. The monoisotopic (exact) mass is 289 g/mol. The van der Waals surface area contributed by atoms with E-state index in [9.17, 15) is 0 Å². The number of nitrogens with one attached hydrogen (secondary N) is 1.